The predicted octanol–water partition coefficient (Wildman–Crippen LogP) is 1.83. The first-order valence-electron chi connectivity index (χ1n) is 8.01. The van der Waals surface area contributed by atoms with Crippen LogP contribution in [0.1, 0.15) is 33.6 Å². The van der Waals surface area contributed by atoms with Crippen LogP contribution in [-0.2, 0) is 11.3 Å². The van der Waals surface area contributed by atoms with Gasteiger partial charge in [0.2, 0.25) is 5.91 Å². The topological polar surface area (TPSA) is 68.1 Å². The van der Waals surface area contributed by atoms with E-state index in [1.165, 1.54) is 4.68 Å². The quantitative estimate of drug-likeness (QED) is 0.848. The first kappa shape index (κ1) is 15.6. The van der Waals surface area contributed by atoms with Gasteiger partial charge in [-0.2, -0.15) is 0 Å². The largest absolute Gasteiger partial charge is 0.337 e. The highest BCUT2D eigenvalue weighted by Gasteiger charge is 2.35. The molecule has 6 nitrogen and oxygen atoms in total. The normalized spacial score (nSPS) is 18.6. The number of aromatic nitrogens is 3. The molecule has 3 rings (SSSR count). The summed E-state index contributed by atoms with van der Waals surface area (Å²) in [4.78, 5) is 27.0. The minimum absolute atomic E-state index is 0.00915. The van der Waals surface area contributed by atoms with Gasteiger partial charge in [-0.3, -0.25) is 9.59 Å². The molecular formula is C17H22N4O2. The molecular weight excluding hydrogens is 292 g/mol. The van der Waals surface area contributed by atoms with Gasteiger partial charge >= 0.3 is 0 Å². The molecule has 23 heavy (non-hydrogen) atoms. The van der Waals surface area contributed by atoms with E-state index < -0.39 is 5.41 Å². The van der Waals surface area contributed by atoms with Gasteiger partial charge in [0.1, 0.15) is 5.52 Å². The highest BCUT2D eigenvalue weighted by molar-refractivity contribution is 5.82. The minimum Gasteiger partial charge on any atom is -0.337 e. The van der Waals surface area contributed by atoms with Crippen LogP contribution in [0.4, 0.5) is 0 Å². The molecule has 1 aliphatic heterocycles. The van der Waals surface area contributed by atoms with Crippen LogP contribution in [0.15, 0.2) is 29.1 Å². The third kappa shape index (κ3) is 2.98. The second kappa shape index (κ2) is 5.76. The van der Waals surface area contributed by atoms with Crippen LogP contribution in [0, 0.1) is 5.41 Å². The van der Waals surface area contributed by atoms with Crippen LogP contribution in [0.5, 0.6) is 0 Å². The van der Waals surface area contributed by atoms with Crippen molar-refractivity contribution in [2.24, 2.45) is 5.41 Å². The van der Waals surface area contributed by atoms with E-state index in [0.717, 1.165) is 19.4 Å². The van der Waals surface area contributed by atoms with Gasteiger partial charge in [-0.25, -0.2) is 4.68 Å². The lowest BCUT2D eigenvalue weighted by Crippen LogP contribution is -2.45. The summed E-state index contributed by atoms with van der Waals surface area (Å²) in [5, 5.41) is 8.72. The second-order valence-corrected chi connectivity index (χ2v) is 7.14. The summed E-state index contributed by atoms with van der Waals surface area (Å²) in [5.41, 5.74) is 0.0382. The summed E-state index contributed by atoms with van der Waals surface area (Å²) in [5.74, 6) is 0.127. The second-order valence-electron chi connectivity index (χ2n) is 7.14. The van der Waals surface area contributed by atoms with Crippen LogP contribution in [-0.4, -0.2) is 38.4 Å². The van der Waals surface area contributed by atoms with E-state index in [9.17, 15) is 9.59 Å². The number of benzene rings is 1. The van der Waals surface area contributed by atoms with Crippen molar-refractivity contribution in [1.29, 1.82) is 0 Å². The minimum atomic E-state index is -0.414. The van der Waals surface area contributed by atoms with E-state index in [0.29, 0.717) is 17.4 Å². The number of rotatable bonds is 2. The number of fused-ring (bicyclic) bond motifs is 1. The molecule has 1 aliphatic rings. The zero-order valence-corrected chi connectivity index (χ0v) is 13.8. The molecule has 0 bridgehead atoms. The molecule has 1 saturated heterocycles. The Bertz CT molecular complexity index is 791. The third-order valence-corrected chi connectivity index (χ3v) is 4.29. The summed E-state index contributed by atoms with van der Waals surface area (Å²) in [6.45, 7) is 6.92. The van der Waals surface area contributed by atoms with Gasteiger partial charge in [0.25, 0.3) is 5.56 Å². The fourth-order valence-corrected chi connectivity index (χ4v) is 3.07. The first-order valence-corrected chi connectivity index (χ1v) is 8.01. The van der Waals surface area contributed by atoms with Crippen LogP contribution in [0.3, 0.4) is 0 Å². The number of hydrogen-bond acceptors (Lipinski definition) is 4. The molecule has 1 atom stereocenters. The summed E-state index contributed by atoms with van der Waals surface area (Å²) < 4.78 is 1.39. The molecule has 0 unspecified atom stereocenters. The van der Waals surface area contributed by atoms with Crippen molar-refractivity contribution in [1.82, 2.24) is 19.9 Å². The lowest BCUT2D eigenvalue weighted by molar-refractivity contribution is -0.140. The van der Waals surface area contributed by atoms with Gasteiger partial charge < -0.3 is 4.90 Å². The van der Waals surface area contributed by atoms with Crippen molar-refractivity contribution in [2.75, 3.05) is 6.54 Å². The fourth-order valence-electron chi connectivity index (χ4n) is 3.07. The van der Waals surface area contributed by atoms with E-state index in [-0.39, 0.29) is 17.5 Å². The lowest BCUT2D eigenvalue weighted by Gasteiger charge is -2.30. The van der Waals surface area contributed by atoms with E-state index >= 15 is 0 Å². The predicted molar refractivity (Wildman–Crippen MR) is 88.0 cm³/mol. The average molecular weight is 314 g/mol. The van der Waals surface area contributed by atoms with Crippen molar-refractivity contribution >= 4 is 16.8 Å². The average Bonchev–Trinajstić information content (AvgIpc) is 2.96. The molecule has 2 aromatic rings. The summed E-state index contributed by atoms with van der Waals surface area (Å²) in [7, 11) is 0. The number of amides is 1. The highest BCUT2D eigenvalue weighted by Crippen LogP contribution is 2.25. The Morgan fingerprint density at radius 1 is 1.30 bits per heavy atom. The molecule has 1 amide bonds. The van der Waals surface area contributed by atoms with E-state index in [1.807, 2.05) is 37.8 Å². The molecule has 2 heterocycles. The number of carbonyl (C=O) groups excluding carboxylic acids is 1. The Balaban J connectivity index is 1.88. The lowest BCUT2D eigenvalue weighted by atomic mass is 9.94. The van der Waals surface area contributed by atoms with Crippen molar-refractivity contribution in [3.05, 3.63) is 34.6 Å². The Hall–Kier alpha value is -2.24. The van der Waals surface area contributed by atoms with E-state index in [4.69, 9.17) is 0 Å². The standard InChI is InChI=1S/C17H22N4O2/c1-17(2,3)16(23)20-10-6-7-12(20)11-21-15(22)13-8-4-5-9-14(13)18-19-21/h4-5,8-9,12H,6-7,10-11H2,1-3H3/t12-/m0/s1. The monoisotopic (exact) mass is 314 g/mol. The molecule has 0 aliphatic carbocycles. The van der Waals surface area contributed by atoms with Crippen LogP contribution in [0.2, 0.25) is 0 Å². The molecule has 0 spiro atoms. The maximum atomic E-state index is 12.6. The van der Waals surface area contributed by atoms with Gasteiger partial charge in [0.15, 0.2) is 0 Å². The molecule has 6 heteroatoms. The highest BCUT2D eigenvalue weighted by atomic mass is 16.2. The number of likely N-dealkylation sites (tertiary alicyclic amines) is 1. The fraction of sp³-hybridized carbons (Fsp3) is 0.529. The van der Waals surface area contributed by atoms with Crippen molar-refractivity contribution in [3.8, 4) is 0 Å². The number of hydrogen-bond donors (Lipinski definition) is 0. The smallest absolute Gasteiger partial charge is 0.277 e. The summed E-state index contributed by atoms with van der Waals surface area (Å²) in [6.07, 6.45) is 1.85. The Morgan fingerprint density at radius 3 is 2.78 bits per heavy atom. The maximum absolute atomic E-state index is 12.6. The van der Waals surface area contributed by atoms with Crippen molar-refractivity contribution < 1.29 is 4.79 Å². The van der Waals surface area contributed by atoms with Gasteiger partial charge in [0, 0.05) is 12.0 Å². The Morgan fingerprint density at radius 2 is 2.04 bits per heavy atom. The van der Waals surface area contributed by atoms with E-state index in [1.54, 1.807) is 12.1 Å². The van der Waals surface area contributed by atoms with Crippen LogP contribution >= 0.6 is 0 Å². The van der Waals surface area contributed by atoms with Gasteiger partial charge in [0.05, 0.1) is 18.0 Å². The Kier molecular flexibility index (Phi) is 3.92. The van der Waals surface area contributed by atoms with Crippen LogP contribution < -0.4 is 5.56 Å². The van der Waals surface area contributed by atoms with Crippen LogP contribution in [0.25, 0.3) is 10.9 Å². The SMILES string of the molecule is CC(C)(C)C(=O)N1CCC[C@H]1Cn1nnc2ccccc2c1=O. The zero-order valence-electron chi connectivity index (χ0n) is 13.8. The van der Waals surface area contributed by atoms with Gasteiger partial charge in [-0.1, -0.05) is 38.1 Å². The Labute approximate surface area is 135 Å². The molecule has 0 saturated carbocycles. The molecule has 122 valence electrons. The van der Waals surface area contributed by atoms with Gasteiger partial charge in [-0.15, -0.1) is 5.10 Å². The molecule has 1 aromatic carbocycles. The third-order valence-electron chi connectivity index (χ3n) is 4.29. The molecule has 0 N–H and O–H groups in total. The first-order chi connectivity index (χ1) is 10.9. The number of carbonyl (C=O) groups is 1. The molecule has 1 aromatic heterocycles. The van der Waals surface area contributed by atoms with Crippen molar-refractivity contribution in [2.45, 2.75) is 46.2 Å². The summed E-state index contributed by atoms with van der Waals surface area (Å²) in [6, 6.07) is 7.20. The van der Waals surface area contributed by atoms with E-state index in [2.05, 4.69) is 10.3 Å². The maximum Gasteiger partial charge on any atom is 0.277 e. The number of nitrogens with zero attached hydrogens (tertiary/aromatic N) is 4. The van der Waals surface area contributed by atoms with Crippen molar-refractivity contribution in [3.63, 3.8) is 0 Å². The molecule has 0 radical (unpaired) electrons. The molecule has 1 fully saturated rings. The summed E-state index contributed by atoms with van der Waals surface area (Å²) >= 11 is 0. The van der Waals surface area contributed by atoms with Gasteiger partial charge in [-0.05, 0) is 25.0 Å². The zero-order chi connectivity index (χ0) is 16.6.